The molecule has 5 rings (SSSR count). The van der Waals surface area contributed by atoms with E-state index >= 15 is 0 Å². The standard InChI is InChI=1S/C20H15FN8O5S4/c21-9-1-3-10(4-2-9)34-27-11(14-25-19(22)38-28-14)15(30)24-12-16(31)29-13(18(32)33)8(5-35-17(12)29)6-36-20-26-23-7-37-20/h1-4,7,12,17H,5-6H2,(H,24,30)(H,32,33)(H2,22,25,28)/t12?,17-/m1/s1. The van der Waals surface area contributed by atoms with Crippen LogP contribution in [0.25, 0.3) is 0 Å². The first kappa shape index (κ1) is 26.0. The average Bonchev–Trinajstić information content (AvgIpc) is 3.58. The predicted octanol–water partition coefficient (Wildman–Crippen LogP) is 1.42. The van der Waals surface area contributed by atoms with Gasteiger partial charge in [-0.25, -0.2) is 9.18 Å². The lowest BCUT2D eigenvalue weighted by atomic mass is 10.0. The zero-order valence-corrected chi connectivity index (χ0v) is 22.1. The van der Waals surface area contributed by atoms with Gasteiger partial charge in [0.1, 0.15) is 28.4 Å². The number of halogens is 1. The van der Waals surface area contributed by atoms with Crippen molar-refractivity contribution in [3.8, 4) is 5.75 Å². The number of carboxylic acid groups (broad SMARTS) is 1. The van der Waals surface area contributed by atoms with Gasteiger partial charge in [-0.2, -0.15) is 9.36 Å². The summed E-state index contributed by atoms with van der Waals surface area (Å²) >= 11 is 4.81. The van der Waals surface area contributed by atoms with E-state index in [4.69, 9.17) is 10.6 Å². The molecule has 2 aliphatic rings. The molecule has 1 unspecified atom stereocenters. The quantitative estimate of drug-likeness (QED) is 0.140. The minimum Gasteiger partial charge on any atom is -0.477 e. The van der Waals surface area contributed by atoms with Crippen molar-refractivity contribution >= 4 is 75.0 Å². The van der Waals surface area contributed by atoms with Gasteiger partial charge in [-0.15, -0.1) is 22.0 Å². The summed E-state index contributed by atoms with van der Waals surface area (Å²) in [5.74, 6) is -2.46. The highest BCUT2D eigenvalue weighted by atomic mass is 32.2. The number of oxime groups is 1. The Morgan fingerprint density at radius 2 is 2.13 bits per heavy atom. The van der Waals surface area contributed by atoms with Crippen LogP contribution in [0.5, 0.6) is 5.75 Å². The monoisotopic (exact) mass is 594 g/mol. The zero-order valence-electron chi connectivity index (χ0n) is 18.8. The van der Waals surface area contributed by atoms with Gasteiger partial charge in [-0.3, -0.25) is 14.5 Å². The second kappa shape index (κ2) is 11.0. The third kappa shape index (κ3) is 5.33. The highest BCUT2D eigenvalue weighted by Crippen LogP contribution is 2.41. The number of anilines is 1. The van der Waals surface area contributed by atoms with Gasteiger partial charge in [0.15, 0.2) is 15.2 Å². The van der Waals surface area contributed by atoms with Gasteiger partial charge in [0.05, 0.1) is 0 Å². The van der Waals surface area contributed by atoms with Crippen LogP contribution in [0, 0.1) is 5.82 Å². The van der Waals surface area contributed by atoms with Crippen LogP contribution in [0.3, 0.4) is 0 Å². The van der Waals surface area contributed by atoms with Gasteiger partial charge in [0, 0.05) is 23.0 Å². The van der Waals surface area contributed by atoms with E-state index in [1.54, 1.807) is 5.51 Å². The van der Waals surface area contributed by atoms with E-state index in [0.717, 1.165) is 23.7 Å². The molecule has 0 bridgehead atoms. The lowest BCUT2D eigenvalue weighted by molar-refractivity contribution is -0.150. The number of β-lactam (4-membered cyclic amide) rings is 1. The Labute approximate surface area is 229 Å². The van der Waals surface area contributed by atoms with Crippen molar-refractivity contribution in [3.63, 3.8) is 0 Å². The number of fused-ring (bicyclic) bond motifs is 1. The molecule has 3 aromatic rings. The summed E-state index contributed by atoms with van der Waals surface area (Å²) in [5, 5.41) is 23.3. The maximum absolute atomic E-state index is 13.2. The summed E-state index contributed by atoms with van der Waals surface area (Å²) in [6.45, 7) is 0. The van der Waals surface area contributed by atoms with Crippen molar-refractivity contribution in [2.24, 2.45) is 5.16 Å². The van der Waals surface area contributed by atoms with E-state index in [1.807, 2.05) is 0 Å². The van der Waals surface area contributed by atoms with Crippen molar-refractivity contribution in [3.05, 3.63) is 52.7 Å². The number of thioether (sulfide) groups is 2. The van der Waals surface area contributed by atoms with E-state index < -0.39 is 35.0 Å². The largest absolute Gasteiger partial charge is 0.477 e. The van der Waals surface area contributed by atoms with Crippen LogP contribution in [0.1, 0.15) is 5.82 Å². The highest BCUT2D eigenvalue weighted by molar-refractivity contribution is 8.01. The fourth-order valence-corrected chi connectivity index (χ4v) is 6.90. The number of carbonyl (C=O) groups excluding carboxylic acids is 2. The van der Waals surface area contributed by atoms with Crippen molar-refractivity contribution in [1.29, 1.82) is 0 Å². The first-order chi connectivity index (χ1) is 18.3. The number of rotatable bonds is 9. The molecule has 2 amide bonds. The van der Waals surface area contributed by atoms with Crippen molar-refractivity contribution < 1.29 is 28.7 Å². The van der Waals surface area contributed by atoms with Crippen LogP contribution in [0.4, 0.5) is 9.52 Å². The molecular formula is C20H15FN8O5S4. The molecule has 4 N–H and O–H groups in total. The zero-order chi connectivity index (χ0) is 26.8. The Morgan fingerprint density at radius 1 is 1.34 bits per heavy atom. The molecule has 0 saturated carbocycles. The third-order valence-corrected chi connectivity index (χ3v) is 9.00. The molecule has 38 heavy (non-hydrogen) atoms. The fraction of sp³-hybridized carbons (Fsp3) is 0.200. The molecule has 1 fully saturated rings. The highest BCUT2D eigenvalue weighted by Gasteiger charge is 2.54. The van der Waals surface area contributed by atoms with Crippen LogP contribution in [0.15, 0.2) is 50.5 Å². The van der Waals surface area contributed by atoms with Crippen molar-refractivity contribution in [2.75, 3.05) is 17.2 Å². The van der Waals surface area contributed by atoms with Crippen LogP contribution in [-0.4, -0.2) is 76.0 Å². The van der Waals surface area contributed by atoms with Crippen LogP contribution >= 0.6 is 46.4 Å². The van der Waals surface area contributed by atoms with E-state index in [9.17, 15) is 23.9 Å². The molecule has 4 heterocycles. The predicted molar refractivity (Wildman–Crippen MR) is 138 cm³/mol. The molecule has 2 atom stereocenters. The Kier molecular flexibility index (Phi) is 7.54. The number of aromatic nitrogens is 4. The van der Waals surface area contributed by atoms with Gasteiger partial charge < -0.3 is 21.0 Å². The molecule has 196 valence electrons. The van der Waals surface area contributed by atoms with E-state index in [-0.39, 0.29) is 28.1 Å². The molecule has 2 aliphatic heterocycles. The number of carbonyl (C=O) groups is 3. The molecule has 18 heteroatoms. The maximum Gasteiger partial charge on any atom is 0.352 e. The Balaban J connectivity index is 1.32. The van der Waals surface area contributed by atoms with Gasteiger partial charge in [0.25, 0.3) is 11.8 Å². The number of nitrogens with one attached hydrogen (secondary N) is 1. The normalized spacial score (nSPS) is 19.1. The Bertz CT molecular complexity index is 1450. The van der Waals surface area contributed by atoms with Crippen LogP contribution in [-0.2, 0) is 14.4 Å². The minimum absolute atomic E-state index is 0.0752. The minimum atomic E-state index is -1.24. The number of hydrogen-bond acceptors (Lipinski definition) is 14. The van der Waals surface area contributed by atoms with Gasteiger partial charge >= 0.3 is 5.97 Å². The second-order valence-electron chi connectivity index (χ2n) is 7.55. The van der Waals surface area contributed by atoms with Gasteiger partial charge in [-0.1, -0.05) is 28.3 Å². The Hall–Kier alpha value is -3.61. The smallest absolute Gasteiger partial charge is 0.352 e. The van der Waals surface area contributed by atoms with Gasteiger partial charge in [-0.05, 0) is 29.8 Å². The first-order valence-corrected chi connectivity index (χ1v) is 14.2. The summed E-state index contributed by atoms with van der Waals surface area (Å²) in [7, 11) is 0. The number of aliphatic carboxylic acids is 1. The lowest BCUT2D eigenvalue weighted by Crippen LogP contribution is -2.71. The second-order valence-corrected chi connectivity index (χ2v) is 11.5. The molecular weight excluding hydrogens is 580 g/mol. The summed E-state index contributed by atoms with van der Waals surface area (Å²) < 4.78 is 17.8. The topological polar surface area (TPSA) is 186 Å². The number of nitrogens with two attached hydrogens (primary N) is 1. The molecule has 2 aromatic heterocycles. The molecule has 1 saturated heterocycles. The number of hydrogen-bond donors (Lipinski definition) is 3. The number of carboxylic acids is 1. The van der Waals surface area contributed by atoms with Crippen molar-refractivity contribution in [2.45, 2.75) is 15.8 Å². The molecule has 0 spiro atoms. The molecule has 13 nitrogen and oxygen atoms in total. The Morgan fingerprint density at radius 3 is 2.79 bits per heavy atom. The fourth-order valence-electron chi connectivity index (χ4n) is 3.49. The number of nitrogen functional groups attached to an aromatic ring is 1. The summed E-state index contributed by atoms with van der Waals surface area (Å²) in [4.78, 5) is 48.6. The van der Waals surface area contributed by atoms with Gasteiger partial charge in [0.2, 0.25) is 11.5 Å². The van der Waals surface area contributed by atoms with E-state index in [0.29, 0.717) is 21.4 Å². The third-order valence-electron chi connectivity index (χ3n) is 5.17. The SMILES string of the molecule is Nc1nc(C(=NOc2ccc(F)cc2)C(=O)NC2C(=O)N3C(C(=O)O)=C(CSc4nncs4)CS[C@H]23)ns1. The van der Waals surface area contributed by atoms with Crippen molar-refractivity contribution in [1.82, 2.24) is 29.8 Å². The average molecular weight is 595 g/mol. The molecule has 1 aromatic carbocycles. The summed E-state index contributed by atoms with van der Waals surface area (Å²) in [6.07, 6.45) is 0. The maximum atomic E-state index is 13.2. The van der Waals surface area contributed by atoms with E-state index in [2.05, 4.69) is 30.0 Å². The lowest BCUT2D eigenvalue weighted by Gasteiger charge is -2.49. The molecule has 0 aliphatic carbocycles. The summed E-state index contributed by atoms with van der Waals surface area (Å²) in [5.41, 5.74) is 7.31. The number of amides is 2. The molecule has 0 radical (unpaired) electrons. The first-order valence-electron chi connectivity index (χ1n) is 10.5. The van der Waals surface area contributed by atoms with Crippen LogP contribution < -0.4 is 15.9 Å². The number of nitrogens with zero attached hydrogens (tertiary/aromatic N) is 6. The van der Waals surface area contributed by atoms with Crippen LogP contribution in [0.2, 0.25) is 0 Å². The summed E-state index contributed by atoms with van der Waals surface area (Å²) in [6, 6.07) is 3.90. The number of benzene rings is 1. The van der Waals surface area contributed by atoms with E-state index in [1.165, 1.54) is 51.9 Å².